The van der Waals surface area contributed by atoms with Crippen molar-refractivity contribution in [3.05, 3.63) is 40.1 Å². The fourth-order valence-electron chi connectivity index (χ4n) is 7.95. The van der Waals surface area contributed by atoms with E-state index in [2.05, 4.69) is 17.6 Å². The number of benzene rings is 1. The summed E-state index contributed by atoms with van der Waals surface area (Å²) < 4.78 is 80.5. The first kappa shape index (κ1) is 27.3. The quantitative estimate of drug-likeness (QED) is 0.377. The number of nitrogens with one attached hydrogen (secondary N) is 2. The topological polar surface area (TPSA) is 58.2 Å². The highest BCUT2D eigenvalue weighted by Gasteiger charge is 2.61. The van der Waals surface area contributed by atoms with Gasteiger partial charge < -0.3 is 10.6 Å². The SMILES string of the molecule is C[C@]12CCC(=O)C(Cl)=C1NCC1C2CC[C@@]2(C)C1CC[C@@H]2C(=O)Nc1cc(C(F)(F)F)ccc1C(F)(F)F. The van der Waals surface area contributed by atoms with E-state index in [-0.39, 0.29) is 34.0 Å². The van der Waals surface area contributed by atoms with Crippen LogP contribution in [-0.2, 0) is 21.9 Å². The van der Waals surface area contributed by atoms with E-state index >= 15 is 0 Å². The van der Waals surface area contributed by atoms with Crippen molar-refractivity contribution in [2.45, 2.75) is 64.7 Å². The lowest BCUT2D eigenvalue weighted by Crippen LogP contribution is -2.57. The molecular formula is C27H29ClF6N2O2. The minimum atomic E-state index is -4.93. The van der Waals surface area contributed by atoms with Gasteiger partial charge in [-0.25, -0.2) is 0 Å². The van der Waals surface area contributed by atoms with Gasteiger partial charge in [-0.3, -0.25) is 9.59 Å². The first-order valence-electron chi connectivity index (χ1n) is 12.8. The van der Waals surface area contributed by atoms with Crippen molar-refractivity contribution in [3.63, 3.8) is 0 Å². The molecule has 208 valence electrons. The molecule has 38 heavy (non-hydrogen) atoms. The van der Waals surface area contributed by atoms with Gasteiger partial charge in [-0.05, 0) is 73.5 Å². The highest BCUT2D eigenvalue weighted by molar-refractivity contribution is 6.43. The zero-order chi connectivity index (χ0) is 27.8. The van der Waals surface area contributed by atoms with Crippen molar-refractivity contribution in [3.8, 4) is 0 Å². The molecule has 1 aromatic rings. The number of piperidine rings is 1. The Bertz CT molecular complexity index is 1210. The fraction of sp³-hybridized carbons (Fsp3) is 0.630. The minimum absolute atomic E-state index is 0.0730. The van der Waals surface area contributed by atoms with Crippen LogP contribution in [0.3, 0.4) is 0 Å². The Kier molecular flexibility index (Phi) is 6.40. The van der Waals surface area contributed by atoms with E-state index in [1.807, 2.05) is 6.92 Å². The number of allylic oxidation sites excluding steroid dienone is 2. The first-order valence-corrected chi connectivity index (χ1v) is 13.2. The molecule has 11 heteroatoms. The van der Waals surface area contributed by atoms with Crippen molar-refractivity contribution in [1.82, 2.24) is 5.32 Å². The molecule has 2 N–H and O–H groups in total. The monoisotopic (exact) mass is 562 g/mol. The van der Waals surface area contributed by atoms with Crippen LogP contribution in [0.25, 0.3) is 0 Å². The maximum absolute atomic E-state index is 13.6. The fourth-order valence-corrected chi connectivity index (χ4v) is 8.33. The highest BCUT2D eigenvalue weighted by Crippen LogP contribution is 2.64. The van der Waals surface area contributed by atoms with Crippen LogP contribution in [-0.4, -0.2) is 18.2 Å². The van der Waals surface area contributed by atoms with Crippen LogP contribution in [0, 0.1) is 34.5 Å². The van der Waals surface area contributed by atoms with Crippen LogP contribution in [0.5, 0.6) is 0 Å². The van der Waals surface area contributed by atoms with E-state index in [1.54, 1.807) is 0 Å². The largest absolute Gasteiger partial charge is 0.418 e. The van der Waals surface area contributed by atoms with Gasteiger partial charge in [0.2, 0.25) is 5.91 Å². The van der Waals surface area contributed by atoms with Crippen LogP contribution in [0.1, 0.15) is 63.5 Å². The van der Waals surface area contributed by atoms with Gasteiger partial charge >= 0.3 is 12.4 Å². The number of hydrogen-bond acceptors (Lipinski definition) is 3. The molecule has 0 bridgehead atoms. The third kappa shape index (κ3) is 4.21. The van der Waals surface area contributed by atoms with Gasteiger partial charge in [0.05, 0.1) is 16.8 Å². The molecule has 0 aromatic heterocycles. The molecule has 3 aliphatic carbocycles. The number of hydrogen-bond donors (Lipinski definition) is 2. The molecule has 3 fully saturated rings. The Hall–Kier alpha value is -2.23. The lowest BCUT2D eigenvalue weighted by atomic mass is 9.50. The predicted molar refractivity (Wildman–Crippen MR) is 129 cm³/mol. The molecule has 5 rings (SSSR count). The van der Waals surface area contributed by atoms with E-state index < -0.39 is 46.4 Å². The standard InChI is InChI=1S/C27H29ClF6N2O2/c1-24-9-7-16-14(12-35-22-21(28)20(37)8-10-25(16,22)2)15(24)5-6-18(24)23(38)36-19-11-13(26(29,30)31)3-4-17(19)27(32,33)34/h3-4,11,14-16,18,35H,5-10,12H2,1-2H3,(H,36,38)/t14?,15?,16?,18-,24+,25-/m1/s1. The number of ketones is 1. The second kappa shape index (κ2) is 8.89. The Morgan fingerprint density at radius 3 is 2.39 bits per heavy atom. The summed E-state index contributed by atoms with van der Waals surface area (Å²) in [6.07, 6.45) is -6.19. The number of rotatable bonds is 2. The molecule has 1 heterocycles. The van der Waals surface area contributed by atoms with Gasteiger partial charge in [0.25, 0.3) is 0 Å². The second-order valence-corrected chi connectivity index (χ2v) is 12.1. The van der Waals surface area contributed by atoms with Gasteiger partial charge in [-0.15, -0.1) is 0 Å². The summed E-state index contributed by atoms with van der Waals surface area (Å²) in [5, 5.41) is 5.88. The zero-order valence-electron chi connectivity index (χ0n) is 21.0. The average molecular weight is 563 g/mol. The van der Waals surface area contributed by atoms with Crippen LogP contribution in [0.2, 0.25) is 0 Å². The van der Waals surface area contributed by atoms with Crippen LogP contribution in [0.15, 0.2) is 28.9 Å². The number of carbonyl (C=O) groups is 2. The molecule has 1 aliphatic heterocycles. The molecule has 4 nitrogen and oxygen atoms in total. The zero-order valence-corrected chi connectivity index (χ0v) is 21.7. The molecule has 1 saturated heterocycles. The Morgan fingerprint density at radius 2 is 1.74 bits per heavy atom. The summed E-state index contributed by atoms with van der Waals surface area (Å²) in [4.78, 5) is 25.6. The van der Waals surface area contributed by atoms with E-state index in [0.717, 1.165) is 12.1 Å². The van der Waals surface area contributed by atoms with Crippen LogP contribution >= 0.6 is 11.6 Å². The van der Waals surface area contributed by atoms with Crippen molar-refractivity contribution >= 4 is 29.0 Å². The van der Waals surface area contributed by atoms with Gasteiger partial charge in [0, 0.05) is 30.0 Å². The third-order valence-electron chi connectivity index (χ3n) is 9.90. The Morgan fingerprint density at radius 1 is 1.03 bits per heavy atom. The Labute approximate surface area is 221 Å². The number of amides is 1. The molecule has 3 unspecified atom stereocenters. The molecule has 0 spiro atoms. The number of carbonyl (C=O) groups excluding carboxylic acids is 2. The van der Waals surface area contributed by atoms with Gasteiger partial charge in [-0.1, -0.05) is 25.4 Å². The molecule has 1 aromatic carbocycles. The number of anilines is 1. The molecule has 6 atom stereocenters. The minimum Gasteiger partial charge on any atom is -0.386 e. The van der Waals surface area contributed by atoms with E-state index in [1.165, 1.54) is 0 Å². The van der Waals surface area contributed by atoms with Gasteiger partial charge in [0.15, 0.2) is 5.78 Å². The van der Waals surface area contributed by atoms with E-state index in [0.29, 0.717) is 56.8 Å². The molecule has 4 aliphatic rings. The first-order chi connectivity index (χ1) is 17.6. The van der Waals surface area contributed by atoms with E-state index in [4.69, 9.17) is 11.6 Å². The maximum Gasteiger partial charge on any atom is 0.418 e. The second-order valence-electron chi connectivity index (χ2n) is 11.7. The summed E-state index contributed by atoms with van der Waals surface area (Å²) in [5.74, 6) is -0.873. The van der Waals surface area contributed by atoms with Crippen molar-refractivity contribution < 1.29 is 35.9 Å². The summed E-state index contributed by atoms with van der Waals surface area (Å²) in [7, 11) is 0. The van der Waals surface area contributed by atoms with Crippen molar-refractivity contribution in [2.75, 3.05) is 11.9 Å². The van der Waals surface area contributed by atoms with Crippen molar-refractivity contribution in [2.24, 2.45) is 34.5 Å². The van der Waals surface area contributed by atoms with E-state index in [9.17, 15) is 35.9 Å². The lowest BCUT2D eigenvalue weighted by molar-refractivity contribution is -0.141. The summed E-state index contributed by atoms with van der Waals surface area (Å²) in [6.45, 7) is 4.68. The normalized spacial score (nSPS) is 35.2. The molecule has 0 radical (unpaired) electrons. The summed E-state index contributed by atoms with van der Waals surface area (Å²) in [5.41, 5.74) is -3.46. The lowest BCUT2D eigenvalue weighted by Gasteiger charge is -2.58. The molecular weight excluding hydrogens is 534 g/mol. The van der Waals surface area contributed by atoms with Gasteiger partial charge in [-0.2, -0.15) is 26.3 Å². The third-order valence-corrected chi connectivity index (χ3v) is 10.3. The summed E-state index contributed by atoms with van der Waals surface area (Å²) in [6, 6.07) is 1.10. The highest BCUT2D eigenvalue weighted by atomic mass is 35.5. The van der Waals surface area contributed by atoms with Crippen molar-refractivity contribution in [1.29, 1.82) is 0 Å². The van der Waals surface area contributed by atoms with Gasteiger partial charge in [0.1, 0.15) is 5.03 Å². The Balaban J connectivity index is 1.41. The summed E-state index contributed by atoms with van der Waals surface area (Å²) >= 11 is 6.39. The van der Waals surface area contributed by atoms with Crippen LogP contribution in [0.4, 0.5) is 32.0 Å². The number of fused-ring (bicyclic) bond motifs is 5. The molecule has 1 amide bonds. The number of Topliss-reactive ketones (excluding diaryl/α,β-unsaturated/α-hetero) is 1. The number of alkyl halides is 6. The molecule has 2 saturated carbocycles. The number of halogens is 7. The maximum atomic E-state index is 13.6. The average Bonchev–Trinajstić information content (AvgIpc) is 3.18. The smallest absolute Gasteiger partial charge is 0.386 e. The van der Waals surface area contributed by atoms with Crippen LogP contribution < -0.4 is 10.6 Å². The predicted octanol–water partition coefficient (Wildman–Crippen LogP) is 7.14.